The number of hydrogen-bond acceptors (Lipinski definition) is 4. The first-order chi connectivity index (χ1) is 8.63. The minimum absolute atomic E-state index is 0.00556. The number of ether oxygens (including phenoxy) is 1. The molecule has 2 rings (SSSR count). The van der Waals surface area contributed by atoms with Gasteiger partial charge in [0.25, 0.3) is 0 Å². The molecule has 0 bridgehead atoms. The number of nitrogens with zero attached hydrogens (tertiary/aromatic N) is 1. The lowest BCUT2D eigenvalue weighted by Crippen LogP contribution is -2.42. The van der Waals surface area contributed by atoms with Gasteiger partial charge < -0.3 is 9.84 Å². The summed E-state index contributed by atoms with van der Waals surface area (Å²) in [4.78, 5) is 14.7. The molecule has 2 atom stereocenters. The molecule has 4 nitrogen and oxygen atoms in total. The number of likely N-dealkylation sites (N-methyl/N-ethyl adjacent to an activating group) is 1. The van der Waals surface area contributed by atoms with E-state index in [0.29, 0.717) is 13.2 Å². The van der Waals surface area contributed by atoms with Gasteiger partial charge in [-0.1, -0.05) is 6.92 Å². The van der Waals surface area contributed by atoms with Gasteiger partial charge in [0, 0.05) is 17.5 Å². The van der Waals surface area contributed by atoms with Crippen molar-refractivity contribution < 1.29 is 14.6 Å². The summed E-state index contributed by atoms with van der Waals surface area (Å²) >= 11 is 1.73. The molecule has 0 saturated carbocycles. The second-order valence-electron chi connectivity index (χ2n) is 4.64. The Morgan fingerprint density at radius 2 is 2.39 bits per heavy atom. The fourth-order valence-corrected chi connectivity index (χ4v) is 3.28. The number of carboxylic acid groups (broad SMARTS) is 1. The van der Waals surface area contributed by atoms with Crippen molar-refractivity contribution in [1.29, 1.82) is 0 Å². The Kier molecular flexibility index (Phi) is 4.37. The number of carbonyl (C=O) groups is 1. The third kappa shape index (κ3) is 2.74. The first-order valence-electron chi connectivity index (χ1n) is 6.21. The highest BCUT2D eigenvalue weighted by molar-refractivity contribution is 7.10. The van der Waals surface area contributed by atoms with Gasteiger partial charge in [-0.05, 0) is 30.5 Å². The second kappa shape index (κ2) is 5.82. The van der Waals surface area contributed by atoms with E-state index in [4.69, 9.17) is 4.74 Å². The zero-order chi connectivity index (χ0) is 13.1. The Labute approximate surface area is 111 Å². The van der Waals surface area contributed by atoms with Crippen molar-refractivity contribution in [2.45, 2.75) is 26.4 Å². The van der Waals surface area contributed by atoms with E-state index in [0.717, 1.165) is 13.1 Å². The minimum atomic E-state index is -0.751. The molecule has 1 aromatic heterocycles. The van der Waals surface area contributed by atoms with Crippen molar-refractivity contribution in [1.82, 2.24) is 4.90 Å². The van der Waals surface area contributed by atoms with Gasteiger partial charge in [-0.2, -0.15) is 0 Å². The van der Waals surface area contributed by atoms with Gasteiger partial charge >= 0.3 is 5.97 Å². The molecule has 2 unspecified atom stereocenters. The summed E-state index contributed by atoms with van der Waals surface area (Å²) in [6, 6.07) is 2.10. The fourth-order valence-electron chi connectivity index (χ4n) is 2.35. The van der Waals surface area contributed by atoms with Crippen LogP contribution in [0.25, 0.3) is 0 Å². The van der Waals surface area contributed by atoms with Crippen molar-refractivity contribution in [3.8, 4) is 0 Å². The molecule has 1 aromatic rings. The summed E-state index contributed by atoms with van der Waals surface area (Å²) in [6.07, 6.45) is 0. The molecule has 1 N–H and O–H groups in total. The molecule has 0 aromatic carbocycles. The first kappa shape index (κ1) is 13.5. The Balaban J connectivity index is 2.09. The van der Waals surface area contributed by atoms with Gasteiger partial charge in [-0.3, -0.25) is 9.69 Å². The normalized spacial score (nSPS) is 23.7. The van der Waals surface area contributed by atoms with Gasteiger partial charge in [-0.15, -0.1) is 11.3 Å². The zero-order valence-corrected chi connectivity index (χ0v) is 11.6. The maximum Gasteiger partial charge on any atom is 0.310 e. The van der Waals surface area contributed by atoms with E-state index in [9.17, 15) is 9.90 Å². The highest BCUT2D eigenvalue weighted by Gasteiger charge is 2.37. The van der Waals surface area contributed by atoms with Crippen LogP contribution in [0.2, 0.25) is 0 Å². The molecule has 0 radical (unpaired) electrons. The number of rotatable bonds is 5. The summed E-state index contributed by atoms with van der Waals surface area (Å²) < 4.78 is 5.34. The van der Waals surface area contributed by atoms with Crippen LogP contribution in [0, 0.1) is 12.8 Å². The lowest BCUT2D eigenvalue weighted by atomic mass is 10.0. The smallest absolute Gasteiger partial charge is 0.310 e. The Bertz CT molecular complexity index is 418. The molecule has 5 heteroatoms. The molecule has 1 aliphatic rings. The molecule has 1 saturated heterocycles. The molecule has 1 fully saturated rings. The Morgan fingerprint density at radius 1 is 1.61 bits per heavy atom. The van der Waals surface area contributed by atoms with Gasteiger partial charge in [0.2, 0.25) is 0 Å². The summed E-state index contributed by atoms with van der Waals surface area (Å²) in [6.45, 7) is 6.68. The first-order valence-corrected chi connectivity index (χ1v) is 7.09. The van der Waals surface area contributed by atoms with Gasteiger partial charge in [0.1, 0.15) is 0 Å². The van der Waals surface area contributed by atoms with Crippen LogP contribution in [0.5, 0.6) is 0 Å². The van der Waals surface area contributed by atoms with E-state index in [1.54, 1.807) is 11.3 Å². The van der Waals surface area contributed by atoms with Crippen LogP contribution in [0.4, 0.5) is 0 Å². The summed E-state index contributed by atoms with van der Waals surface area (Å²) in [5, 5.41) is 11.3. The number of hydrogen-bond donors (Lipinski definition) is 1. The van der Waals surface area contributed by atoms with Crippen molar-refractivity contribution in [2.75, 3.05) is 19.8 Å². The van der Waals surface area contributed by atoms with E-state index >= 15 is 0 Å². The molecule has 0 aliphatic carbocycles. The van der Waals surface area contributed by atoms with Crippen LogP contribution in [-0.2, 0) is 16.1 Å². The highest BCUT2D eigenvalue weighted by Crippen LogP contribution is 2.24. The molecule has 100 valence electrons. The second-order valence-corrected chi connectivity index (χ2v) is 5.64. The predicted molar refractivity (Wildman–Crippen MR) is 70.9 cm³/mol. The summed E-state index contributed by atoms with van der Waals surface area (Å²) in [5.41, 5.74) is 1.28. The zero-order valence-electron chi connectivity index (χ0n) is 10.8. The third-order valence-corrected chi connectivity index (χ3v) is 4.57. The van der Waals surface area contributed by atoms with Gasteiger partial charge in [0.05, 0.1) is 19.1 Å². The van der Waals surface area contributed by atoms with Crippen LogP contribution in [0.3, 0.4) is 0 Å². The fraction of sp³-hybridized carbons (Fsp3) is 0.615. The van der Waals surface area contributed by atoms with Gasteiger partial charge in [0.15, 0.2) is 0 Å². The maximum atomic E-state index is 11.2. The largest absolute Gasteiger partial charge is 0.481 e. The van der Waals surface area contributed by atoms with Crippen molar-refractivity contribution in [3.63, 3.8) is 0 Å². The maximum absolute atomic E-state index is 11.2. The van der Waals surface area contributed by atoms with E-state index in [1.807, 2.05) is 0 Å². The van der Waals surface area contributed by atoms with E-state index in [1.165, 1.54) is 10.4 Å². The topological polar surface area (TPSA) is 49.8 Å². The van der Waals surface area contributed by atoms with Crippen LogP contribution in [0.15, 0.2) is 11.4 Å². The number of aryl methyl sites for hydroxylation is 1. The SMILES string of the molecule is CCN(Cc1sccc1C)C1COCC1C(=O)O. The Hall–Kier alpha value is -0.910. The molecular weight excluding hydrogens is 250 g/mol. The predicted octanol–water partition coefficient (Wildman–Crippen LogP) is 1.98. The minimum Gasteiger partial charge on any atom is -0.481 e. The Morgan fingerprint density at radius 3 is 2.94 bits per heavy atom. The van der Waals surface area contributed by atoms with Crippen molar-refractivity contribution in [2.24, 2.45) is 5.92 Å². The van der Waals surface area contributed by atoms with E-state index in [-0.39, 0.29) is 6.04 Å². The highest BCUT2D eigenvalue weighted by atomic mass is 32.1. The molecule has 0 spiro atoms. The van der Waals surface area contributed by atoms with Crippen LogP contribution in [0.1, 0.15) is 17.4 Å². The van der Waals surface area contributed by atoms with Gasteiger partial charge in [-0.25, -0.2) is 0 Å². The quantitative estimate of drug-likeness (QED) is 0.888. The lowest BCUT2D eigenvalue weighted by molar-refractivity contribution is -0.143. The molecule has 1 aliphatic heterocycles. The lowest BCUT2D eigenvalue weighted by Gasteiger charge is -2.28. The molecule has 18 heavy (non-hydrogen) atoms. The third-order valence-electron chi connectivity index (χ3n) is 3.56. The summed E-state index contributed by atoms with van der Waals surface area (Å²) in [5.74, 6) is -1.15. The monoisotopic (exact) mass is 269 g/mol. The van der Waals surface area contributed by atoms with E-state index < -0.39 is 11.9 Å². The van der Waals surface area contributed by atoms with Crippen molar-refractivity contribution >= 4 is 17.3 Å². The molecular formula is C13H19NO3S. The van der Waals surface area contributed by atoms with Crippen molar-refractivity contribution in [3.05, 3.63) is 21.9 Å². The molecule has 0 amide bonds. The molecule has 2 heterocycles. The standard InChI is InChI=1S/C13H19NO3S/c1-3-14(6-12-9(2)4-5-18-12)11-8-17-7-10(11)13(15)16/h4-5,10-11H,3,6-8H2,1-2H3,(H,15,16). The number of carboxylic acids is 1. The summed E-state index contributed by atoms with van der Waals surface area (Å²) in [7, 11) is 0. The average molecular weight is 269 g/mol. The van der Waals surface area contributed by atoms with Crippen LogP contribution < -0.4 is 0 Å². The number of aliphatic carboxylic acids is 1. The van der Waals surface area contributed by atoms with Crippen LogP contribution in [-0.4, -0.2) is 41.8 Å². The average Bonchev–Trinajstić information content (AvgIpc) is 2.95. The van der Waals surface area contributed by atoms with Crippen LogP contribution >= 0.6 is 11.3 Å². The van der Waals surface area contributed by atoms with E-state index in [2.05, 4.69) is 30.2 Å². The number of thiophene rings is 1.